The van der Waals surface area contributed by atoms with Crippen molar-refractivity contribution in [1.82, 2.24) is 20.2 Å². The number of aromatic nitrogens is 4. The van der Waals surface area contributed by atoms with Gasteiger partial charge in [0, 0.05) is 16.1 Å². The van der Waals surface area contributed by atoms with Gasteiger partial charge in [0.25, 0.3) is 0 Å². The van der Waals surface area contributed by atoms with Gasteiger partial charge < -0.3 is 10.7 Å². The van der Waals surface area contributed by atoms with E-state index in [1.807, 2.05) is 30.3 Å². The van der Waals surface area contributed by atoms with Crippen molar-refractivity contribution in [1.29, 1.82) is 0 Å². The van der Waals surface area contributed by atoms with E-state index in [-0.39, 0.29) is 0 Å². The summed E-state index contributed by atoms with van der Waals surface area (Å²) in [6, 6.07) is 11.2. The third kappa shape index (κ3) is 3.40. The molecule has 8 heteroatoms. The number of nitrogens with one attached hydrogen (secondary N) is 1. The molecule has 4 aromatic rings. The first-order valence-electron chi connectivity index (χ1n) is 8.01. The first-order valence-corrected chi connectivity index (χ1v) is 9.21. The highest BCUT2D eigenvalue weighted by molar-refractivity contribution is 7.19. The van der Waals surface area contributed by atoms with Crippen molar-refractivity contribution in [3.63, 3.8) is 0 Å². The predicted octanol–water partition coefficient (Wildman–Crippen LogP) is 4.97. The number of hydrogen-bond acceptors (Lipinski definition) is 5. The van der Waals surface area contributed by atoms with Crippen LogP contribution in [0.1, 0.15) is 11.1 Å². The SMILES string of the molecule is [C-]#[N+]c1c(-c2ccnc(N)c2)sc(-c2nnc[nH]2)c1Cc1ccc(Cl)cc1. The van der Waals surface area contributed by atoms with Crippen LogP contribution >= 0.6 is 22.9 Å². The molecule has 132 valence electrons. The Labute approximate surface area is 164 Å². The van der Waals surface area contributed by atoms with Gasteiger partial charge in [-0.2, -0.15) is 0 Å². The summed E-state index contributed by atoms with van der Waals surface area (Å²) in [5.41, 5.74) is 9.25. The minimum atomic E-state index is 0.414. The van der Waals surface area contributed by atoms with Gasteiger partial charge in [0.1, 0.15) is 12.1 Å². The van der Waals surface area contributed by atoms with Crippen LogP contribution in [-0.4, -0.2) is 20.2 Å². The van der Waals surface area contributed by atoms with Crippen LogP contribution in [0.5, 0.6) is 0 Å². The molecule has 27 heavy (non-hydrogen) atoms. The molecule has 0 fully saturated rings. The van der Waals surface area contributed by atoms with E-state index in [9.17, 15) is 0 Å². The van der Waals surface area contributed by atoms with Gasteiger partial charge in [0.2, 0.25) is 5.69 Å². The Morgan fingerprint density at radius 1 is 1.19 bits per heavy atom. The molecule has 4 rings (SSSR count). The lowest BCUT2D eigenvalue weighted by Gasteiger charge is -2.04. The largest absolute Gasteiger partial charge is 0.384 e. The normalized spacial score (nSPS) is 10.7. The topological polar surface area (TPSA) is 84.8 Å². The van der Waals surface area contributed by atoms with E-state index in [4.69, 9.17) is 23.9 Å². The van der Waals surface area contributed by atoms with Crippen molar-refractivity contribution in [3.05, 3.63) is 76.5 Å². The molecule has 1 aromatic carbocycles. The molecule has 0 unspecified atom stereocenters. The number of aromatic amines is 1. The Morgan fingerprint density at radius 2 is 2.00 bits per heavy atom. The molecule has 0 amide bonds. The molecule has 0 aliphatic rings. The van der Waals surface area contributed by atoms with Crippen LogP contribution in [0.15, 0.2) is 48.9 Å². The van der Waals surface area contributed by atoms with Crippen LogP contribution in [-0.2, 0) is 6.42 Å². The molecule has 0 saturated heterocycles. The Bertz CT molecular complexity index is 1130. The van der Waals surface area contributed by atoms with Gasteiger partial charge in [0.05, 0.1) is 11.4 Å². The summed E-state index contributed by atoms with van der Waals surface area (Å²) in [6.45, 7) is 7.78. The zero-order valence-electron chi connectivity index (χ0n) is 14.0. The fourth-order valence-electron chi connectivity index (χ4n) is 2.84. The van der Waals surface area contributed by atoms with Gasteiger partial charge >= 0.3 is 0 Å². The standard InChI is InChI=1S/C19H13ClN6S/c1-22-16-14(8-11-2-4-13(20)5-3-11)18(19-24-10-25-26-19)27-17(16)12-6-7-23-15(21)9-12/h2-7,9-10H,8H2,(H2,21,23)(H,24,25,26). The smallest absolute Gasteiger partial charge is 0.209 e. The molecular formula is C19H13ClN6S. The summed E-state index contributed by atoms with van der Waals surface area (Å²) in [5.74, 6) is 1.06. The molecule has 0 aliphatic heterocycles. The van der Waals surface area contributed by atoms with Gasteiger partial charge in [-0.25, -0.2) is 9.83 Å². The molecule has 3 aromatic heterocycles. The second kappa shape index (κ2) is 7.19. The molecule has 0 atom stereocenters. The molecule has 3 heterocycles. The van der Waals surface area contributed by atoms with Crippen molar-refractivity contribution in [2.45, 2.75) is 6.42 Å². The number of benzene rings is 1. The summed E-state index contributed by atoms with van der Waals surface area (Å²) in [6.07, 6.45) is 3.76. The molecular weight excluding hydrogens is 380 g/mol. The first kappa shape index (κ1) is 17.2. The first-order chi connectivity index (χ1) is 13.2. The van der Waals surface area contributed by atoms with Gasteiger partial charge in [-0.3, -0.25) is 0 Å². The van der Waals surface area contributed by atoms with Crippen molar-refractivity contribution in [2.75, 3.05) is 5.73 Å². The minimum absolute atomic E-state index is 0.414. The van der Waals surface area contributed by atoms with E-state index in [0.717, 1.165) is 26.4 Å². The fourth-order valence-corrected chi connectivity index (χ4v) is 4.17. The van der Waals surface area contributed by atoms with Crippen LogP contribution in [0.4, 0.5) is 11.5 Å². The Kier molecular flexibility index (Phi) is 4.59. The number of nitrogens with zero attached hydrogens (tertiary/aromatic N) is 4. The van der Waals surface area contributed by atoms with Crippen molar-refractivity contribution >= 4 is 34.4 Å². The number of halogens is 1. The highest BCUT2D eigenvalue weighted by Gasteiger charge is 2.22. The van der Waals surface area contributed by atoms with Crippen LogP contribution in [0, 0.1) is 6.57 Å². The third-order valence-corrected chi connectivity index (χ3v) is 5.59. The van der Waals surface area contributed by atoms with Crippen LogP contribution in [0.25, 0.3) is 26.0 Å². The number of anilines is 1. The molecule has 0 radical (unpaired) electrons. The second-order valence-electron chi connectivity index (χ2n) is 5.81. The summed E-state index contributed by atoms with van der Waals surface area (Å²) in [7, 11) is 0. The molecule has 0 saturated carbocycles. The van der Waals surface area contributed by atoms with Crippen molar-refractivity contribution in [3.8, 4) is 21.1 Å². The molecule has 6 nitrogen and oxygen atoms in total. The second-order valence-corrected chi connectivity index (χ2v) is 7.27. The zero-order chi connectivity index (χ0) is 18.8. The van der Waals surface area contributed by atoms with E-state index in [0.29, 0.717) is 28.8 Å². The number of hydrogen-bond donors (Lipinski definition) is 2. The Morgan fingerprint density at radius 3 is 2.67 bits per heavy atom. The minimum Gasteiger partial charge on any atom is -0.384 e. The number of H-pyrrole nitrogens is 1. The van der Waals surface area contributed by atoms with Crippen molar-refractivity contribution < 1.29 is 0 Å². The van der Waals surface area contributed by atoms with Crippen LogP contribution in [0.2, 0.25) is 5.02 Å². The number of nitrogen functional groups attached to an aromatic ring is 1. The number of nitrogens with two attached hydrogens (primary N) is 1. The molecule has 0 aliphatic carbocycles. The molecule has 3 N–H and O–H groups in total. The lowest BCUT2D eigenvalue weighted by atomic mass is 10.0. The van der Waals surface area contributed by atoms with E-state index in [2.05, 4.69) is 25.0 Å². The van der Waals surface area contributed by atoms with E-state index >= 15 is 0 Å². The van der Waals surface area contributed by atoms with E-state index in [1.54, 1.807) is 12.3 Å². The molecule has 0 bridgehead atoms. The average molecular weight is 393 g/mol. The molecule has 0 spiro atoms. The lowest BCUT2D eigenvalue weighted by molar-refractivity contribution is 1.09. The Hall–Kier alpha value is -3.21. The van der Waals surface area contributed by atoms with E-state index < -0.39 is 0 Å². The Balaban J connectivity index is 1.90. The summed E-state index contributed by atoms with van der Waals surface area (Å²) in [5, 5.41) is 8.71. The highest BCUT2D eigenvalue weighted by atomic mass is 35.5. The number of thiophene rings is 1. The zero-order valence-corrected chi connectivity index (χ0v) is 15.6. The van der Waals surface area contributed by atoms with Gasteiger partial charge in [0.15, 0.2) is 5.82 Å². The maximum absolute atomic E-state index is 7.78. The van der Waals surface area contributed by atoms with Gasteiger partial charge in [-0.05, 0) is 47.4 Å². The van der Waals surface area contributed by atoms with Crippen LogP contribution in [0.3, 0.4) is 0 Å². The number of pyridine rings is 1. The van der Waals surface area contributed by atoms with Crippen LogP contribution < -0.4 is 5.73 Å². The maximum atomic E-state index is 7.78. The quantitative estimate of drug-likeness (QED) is 0.480. The lowest BCUT2D eigenvalue weighted by Crippen LogP contribution is -1.90. The maximum Gasteiger partial charge on any atom is 0.209 e. The third-order valence-electron chi connectivity index (χ3n) is 4.06. The summed E-state index contributed by atoms with van der Waals surface area (Å²) < 4.78 is 0. The van der Waals surface area contributed by atoms with Gasteiger partial charge in [-0.15, -0.1) is 21.5 Å². The predicted molar refractivity (Wildman–Crippen MR) is 108 cm³/mol. The highest BCUT2D eigenvalue weighted by Crippen LogP contribution is 2.47. The number of rotatable bonds is 4. The monoisotopic (exact) mass is 392 g/mol. The van der Waals surface area contributed by atoms with Gasteiger partial charge in [-0.1, -0.05) is 23.7 Å². The van der Waals surface area contributed by atoms with Crippen molar-refractivity contribution in [2.24, 2.45) is 0 Å². The summed E-state index contributed by atoms with van der Waals surface area (Å²) in [4.78, 5) is 12.6. The summed E-state index contributed by atoms with van der Waals surface area (Å²) >= 11 is 7.49. The average Bonchev–Trinajstić information content (AvgIpc) is 3.31. The fraction of sp³-hybridized carbons (Fsp3) is 0.0526. The van der Waals surface area contributed by atoms with E-state index in [1.165, 1.54) is 17.7 Å².